The topological polar surface area (TPSA) is 49.7 Å². The number of allylic oxidation sites excluding steroid dienone is 2. The van der Waals surface area contributed by atoms with E-state index in [-0.39, 0.29) is 11.2 Å². The van der Waals surface area contributed by atoms with Gasteiger partial charge in [-0.25, -0.2) is 0 Å². The van der Waals surface area contributed by atoms with Gasteiger partial charge in [0, 0.05) is 11.0 Å². The van der Waals surface area contributed by atoms with Crippen LogP contribution in [0.4, 0.5) is 0 Å². The van der Waals surface area contributed by atoms with E-state index in [9.17, 15) is 10.2 Å². The fourth-order valence-electron chi connectivity index (χ4n) is 2.44. The van der Waals surface area contributed by atoms with Crippen molar-refractivity contribution in [3.63, 3.8) is 0 Å². The van der Waals surface area contributed by atoms with Gasteiger partial charge in [-0.05, 0) is 23.6 Å². The zero-order valence-corrected chi connectivity index (χ0v) is 12.4. The average Bonchev–Trinajstić information content (AvgIpc) is 2.42. The maximum Gasteiger partial charge on any atom is 0.136 e. The Morgan fingerprint density at radius 1 is 1.20 bits per heavy atom. The number of ether oxygens (including phenoxy) is 1. The minimum absolute atomic E-state index is 0.168. The van der Waals surface area contributed by atoms with E-state index in [1.807, 2.05) is 24.3 Å². The Bertz CT molecular complexity index is 557. The van der Waals surface area contributed by atoms with Gasteiger partial charge in [-0.1, -0.05) is 45.0 Å². The Labute approximate surface area is 120 Å². The number of methoxy groups -OCH3 is 1. The number of hydrogen-bond acceptors (Lipinski definition) is 3. The number of benzene rings is 1. The van der Waals surface area contributed by atoms with Gasteiger partial charge < -0.3 is 14.9 Å². The Kier molecular flexibility index (Phi) is 3.91. The molecule has 3 nitrogen and oxygen atoms in total. The lowest BCUT2D eigenvalue weighted by Gasteiger charge is -2.35. The minimum atomic E-state index is -0.847. The van der Waals surface area contributed by atoms with Gasteiger partial charge in [-0.15, -0.1) is 0 Å². The molecule has 1 aliphatic rings. The number of rotatable bonds is 3. The molecule has 0 radical (unpaired) electrons. The van der Waals surface area contributed by atoms with E-state index in [0.29, 0.717) is 22.8 Å². The maximum absolute atomic E-state index is 10.4. The third kappa shape index (κ3) is 2.46. The van der Waals surface area contributed by atoms with E-state index in [1.165, 1.54) is 0 Å². The summed E-state index contributed by atoms with van der Waals surface area (Å²) in [5.41, 5.74) is 1.12. The largest absolute Gasteiger partial charge is 0.507 e. The Hall–Kier alpha value is -1.74. The van der Waals surface area contributed by atoms with Crippen LogP contribution in [0.1, 0.15) is 26.3 Å². The predicted molar refractivity (Wildman–Crippen MR) is 80.1 cm³/mol. The van der Waals surface area contributed by atoms with Crippen molar-refractivity contribution in [3.05, 3.63) is 47.7 Å². The standard InChI is InChI=1S/C17H22O3/c1-11(2)17(3)9-13(16(19)15(10-17)20-4)12-7-5-6-8-14(12)18/h5-11,16,18-19H,1-4H3. The first-order valence-electron chi connectivity index (χ1n) is 6.85. The van der Waals surface area contributed by atoms with Crippen LogP contribution in [0.15, 0.2) is 42.2 Å². The van der Waals surface area contributed by atoms with Gasteiger partial charge in [-0.2, -0.15) is 0 Å². The maximum atomic E-state index is 10.4. The van der Waals surface area contributed by atoms with Crippen LogP contribution in [0.25, 0.3) is 5.57 Å². The second-order valence-corrected chi connectivity index (χ2v) is 5.79. The first-order valence-corrected chi connectivity index (χ1v) is 6.85. The van der Waals surface area contributed by atoms with Crippen molar-refractivity contribution in [2.75, 3.05) is 7.11 Å². The summed E-state index contributed by atoms with van der Waals surface area (Å²) in [4.78, 5) is 0. The Morgan fingerprint density at radius 3 is 2.40 bits per heavy atom. The second kappa shape index (κ2) is 5.33. The third-order valence-electron chi connectivity index (χ3n) is 4.18. The zero-order chi connectivity index (χ0) is 14.9. The Balaban J connectivity index is 2.57. The first-order chi connectivity index (χ1) is 9.39. The van der Waals surface area contributed by atoms with Crippen molar-refractivity contribution in [3.8, 4) is 5.75 Å². The summed E-state index contributed by atoms with van der Waals surface area (Å²) < 4.78 is 5.33. The molecule has 3 heteroatoms. The predicted octanol–water partition coefficient (Wildman–Crippen LogP) is 3.34. The highest BCUT2D eigenvalue weighted by Crippen LogP contribution is 2.43. The number of aromatic hydroxyl groups is 1. The summed E-state index contributed by atoms with van der Waals surface area (Å²) in [6.07, 6.45) is 3.14. The number of hydrogen-bond donors (Lipinski definition) is 2. The zero-order valence-electron chi connectivity index (χ0n) is 12.4. The van der Waals surface area contributed by atoms with E-state index < -0.39 is 6.10 Å². The fourth-order valence-corrected chi connectivity index (χ4v) is 2.44. The molecule has 2 rings (SSSR count). The lowest BCUT2D eigenvalue weighted by atomic mass is 9.72. The molecule has 0 heterocycles. The first kappa shape index (κ1) is 14.7. The Morgan fingerprint density at radius 2 is 1.85 bits per heavy atom. The van der Waals surface area contributed by atoms with Gasteiger partial charge >= 0.3 is 0 Å². The number of aliphatic hydroxyl groups is 1. The van der Waals surface area contributed by atoms with E-state index in [1.54, 1.807) is 19.2 Å². The highest BCUT2D eigenvalue weighted by Gasteiger charge is 2.34. The second-order valence-electron chi connectivity index (χ2n) is 5.79. The van der Waals surface area contributed by atoms with Crippen molar-refractivity contribution >= 4 is 5.57 Å². The normalized spacial score (nSPS) is 26.2. The fraction of sp³-hybridized carbons (Fsp3) is 0.412. The molecule has 0 aliphatic heterocycles. The van der Waals surface area contributed by atoms with Crippen LogP contribution in [-0.2, 0) is 4.74 Å². The molecule has 2 atom stereocenters. The smallest absolute Gasteiger partial charge is 0.136 e. The lowest BCUT2D eigenvalue weighted by Crippen LogP contribution is -2.28. The van der Waals surface area contributed by atoms with Crippen molar-refractivity contribution in [2.45, 2.75) is 26.9 Å². The molecule has 0 aromatic heterocycles. The highest BCUT2D eigenvalue weighted by atomic mass is 16.5. The molecule has 2 N–H and O–H groups in total. The summed E-state index contributed by atoms with van der Waals surface area (Å²) in [7, 11) is 1.56. The molecule has 2 unspecified atom stereocenters. The van der Waals surface area contributed by atoms with Crippen molar-refractivity contribution in [1.82, 2.24) is 0 Å². The number of phenolic OH excluding ortho intramolecular Hbond substituents is 1. The van der Waals surface area contributed by atoms with Crippen molar-refractivity contribution in [1.29, 1.82) is 0 Å². The molecule has 0 spiro atoms. The van der Waals surface area contributed by atoms with Gasteiger partial charge in [0.15, 0.2) is 0 Å². The van der Waals surface area contributed by atoms with Crippen LogP contribution < -0.4 is 0 Å². The third-order valence-corrected chi connectivity index (χ3v) is 4.18. The quantitative estimate of drug-likeness (QED) is 0.888. The SMILES string of the molecule is COC1=CC(C)(C(C)C)C=C(c2ccccc2O)C1O. The van der Waals surface area contributed by atoms with Crippen LogP contribution in [-0.4, -0.2) is 23.4 Å². The molecular formula is C17H22O3. The molecule has 1 aromatic carbocycles. The number of para-hydroxylation sites is 1. The summed E-state index contributed by atoms with van der Waals surface area (Å²) >= 11 is 0. The van der Waals surface area contributed by atoms with Crippen molar-refractivity contribution < 1.29 is 14.9 Å². The van der Waals surface area contributed by atoms with E-state index in [4.69, 9.17) is 4.74 Å². The molecule has 0 saturated carbocycles. The van der Waals surface area contributed by atoms with Gasteiger partial charge in [0.25, 0.3) is 0 Å². The van der Waals surface area contributed by atoms with Crippen LogP contribution in [0.5, 0.6) is 5.75 Å². The van der Waals surface area contributed by atoms with Crippen molar-refractivity contribution in [2.24, 2.45) is 11.3 Å². The molecular weight excluding hydrogens is 252 g/mol. The van der Waals surface area contributed by atoms with Gasteiger partial charge in [0.2, 0.25) is 0 Å². The molecule has 108 valence electrons. The van der Waals surface area contributed by atoms with E-state index >= 15 is 0 Å². The molecule has 1 aromatic rings. The molecule has 20 heavy (non-hydrogen) atoms. The van der Waals surface area contributed by atoms with E-state index in [0.717, 1.165) is 0 Å². The number of phenols is 1. The molecule has 0 fully saturated rings. The van der Waals surface area contributed by atoms with Gasteiger partial charge in [0.05, 0.1) is 7.11 Å². The van der Waals surface area contributed by atoms with E-state index in [2.05, 4.69) is 20.8 Å². The van der Waals surface area contributed by atoms with Crippen LogP contribution in [0.2, 0.25) is 0 Å². The van der Waals surface area contributed by atoms with Crippen LogP contribution in [0.3, 0.4) is 0 Å². The minimum Gasteiger partial charge on any atom is -0.507 e. The molecule has 0 amide bonds. The van der Waals surface area contributed by atoms with Gasteiger partial charge in [0.1, 0.15) is 17.6 Å². The lowest BCUT2D eigenvalue weighted by molar-refractivity contribution is 0.154. The number of aliphatic hydroxyl groups excluding tert-OH is 1. The molecule has 1 aliphatic carbocycles. The summed E-state index contributed by atoms with van der Waals surface area (Å²) in [5.74, 6) is 1.05. The summed E-state index contributed by atoms with van der Waals surface area (Å²) in [5, 5.41) is 20.5. The van der Waals surface area contributed by atoms with Crippen LogP contribution in [0, 0.1) is 11.3 Å². The van der Waals surface area contributed by atoms with Gasteiger partial charge in [-0.3, -0.25) is 0 Å². The molecule has 0 bridgehead atoms. The average molecular weight is 274 g/mol. The summed E-state index contributed by atoms with van der Waals surface area (Å²) in [6.45, 7) is 6.35. The monoisotopic (exact) mass is 274 g/mol. The van der Waals surface area contributed by atoms with Crippen LogP contribution >= 0.6 is 0 Å². The summed E-state index contributed by atoms with van der Waals surface area (Å²) in [6, 6.07) is 7.05. The highest BCUT2D eigenvalue weighted by molar-refractivity contribution is 5.77. The molecule has 0 saturated heterocycles.